The van der Waals surface area contributed by atoms with Crippen LogP contribution in [0.2, 0.25) is 0 Å². The highest BCUT2D eigenvalue weighted by atomic mass is 32.2. The Kier molecular flexibility index (Phi) is 8.71. The smallest absolute Gasteiger partial charge is 0.306 e. The van der Waals surface area contributed by atoms with Crippen molar-refractivity contribution in [3.8, 4) is 39.5 Å². The molecule has 3 aromatic carbocycles. The van der Waals surface area contributed by atoms with Crippen LogP contribution in [0.4, 0.5) is 0 Å². The van der Waals surface area contributed by atoms with Crippen LogP contribution in [-0.2, 0) is 20.2 Å². The second-order valence-corrected chi connectivity index (χ2v) is 12.3. The van der Waals surface area contributed by atoms with E-state index in [-0.39, 0.29) is 11.5 Å². The summed E-state index contributed by atoms with van der Waals surface area (Å²) >= 11 is 0. The standard InChI is InChI=1S/C28H32O7S2/c1-19(2)8-7-15-33-27-14-11-23(18-28(27)35-37(6,31)32)26-17-20(3)25(16-21(26)4)22-9-12-24(13-10-22)34-36(5,29)30/h8-14,16-18H,7,15H2,1-6H3. The number of allylic oxidation sites excluding steroid dienone is 1. The predicted octanol–water partition coefficient (Wildman–Crippen LogP) is 6.05. The summed E-state index contributed by atoms with van der Waals surface area (Å²) in [4.78, 5) is 0. The lowest BCUT2D eigenvalue weighted by atomic mass is 9.92. The van der Waals surface area contributed by atoms with Crippen molar-refractivity contribution in [2.24, 2.45) is 0 Å². The molecule has 7 nitrogen and oxygen atoms in total. The van der Waals surface area contributed by atoms with E-state index in [1.807, 2.05) is 52.0 Å². The molecule has 0 saturated carbocycles. The van der Waals surface area contributed by atoms with E-state index in [1.54, 1.807) is 36.4 Å². The average Bonchev–Trinajstić information content (AvgIpc) is 2.77. The van der Waals surface area contributed by atoms with Crippen LogP contribution in [0.25, 0.3) is 22.3 Å². The fourth-order valence-electron chi connectivity index (χ4n) is 3.84. The van der Waals surface area contributed by atoms with Gasteiger partial charge in [-0.1, -0.05) is 42.0 Å². The molecular formula is C28H32O7S2. The van der Waals surface area contributed by atoms with Crippen molar-refractivity contribution in [3.05, 3.63) is 77.4 Å². The molecular weight excluding hydrogens is 512 g/mol. The third kappa shape index (κ3) is 8.36. The number of benzene rings is 3. The van der Waals surface area contributed by atoms with Gasteiger partial charge in [-0.15, -0.1) is 0 Å². The minimum atomic E-state index is -3.76. The van der Waals surface area contributed by atoms with Crippen LogP contribution in [0.1, 0.15) is 31.4 Å². The molecule has 0 N–H and O–H groups in total. The lowest BCUT2D eigenvalue weighted by Crippen LogP contribution is -2.08. The van der Waals surface area contributed by atoms with Gasteiger partial charge in [0.2, 0.25) is 0 Å². The van der Waals surface area contributed by atoms with Crippen LogP contribution in [0.5, 0.6) is 17.2 Å². The molecule has 198 valence electrons. The Morgan fingerprint density at radius 1 is 0.730 bits per heavy atom. The van der Waals surface area contributed by atoms with Crippen LogP contribution in [0, 0.1) is 13.8 Å². The molecule has 0 unspecified atom stereocenters. The van der Waals surface area contributed by atoms with E-state index < -0.39 is 20.2 Å². The number of rotatable bonds is 10. The van der Waals surface area contributed by atoms with E-state index in [4.69, 9.17) is 13.1 Å². The molecule has 0 aliphatic rings. The van der Waals surface area contributed by atoms with Crippen LogP contribution in [-0.4, -0.2) is 36.0 Å². The Hall–Kier alpha value is -3.30. The lowest BCUT2D eigenvalue weighted by Gasteiger charge is -2.16. The number of ether oxygens (including phenoxy) is 1. The molecule has 0 bridgehead atoms. The van der Waals surface area contributed by atoms with Crippen LogP contribution in [0.15, 0.2) is 66.2 Å². The fourth-order valence-corrected chi connectivity index (χ4v) is 4.76. The summed E-state index contributed by atoms with van der Waals surface area (Å²) in [6.45, 7) is 8.36. The first-order chi connectivity index (χ1) is 17.2. The Morgan fingerprint density at radius 3 is 1.81 bits per heavy atom. The molecule has 9 heteroatoms. The third-order valence-electron chi connectivity index (χ3n) is 5.41. The molecule has 3 aromatic rings. The minimum absolute atomic E-state index is 0.139. The van der Waals surface area contributed by atoms with Gasteiger partial charge in [0.25, 0.3) is 0 Å². The molecule has 0 heterocycles. The molecule has 3 rings (SSSR count). The molecule has 37 heavy (non-hydrogen) atoms. The quantitative estimate of drug-likeness (QED) is 0.174. The zero-order chi connectivity index (χ0) is 27.4. The normalized spacial score (nSPS) is 11.6. The zero-order valence-corrected chi connectivity index (χ0v) is 23.5. The van der Waals surface area contributed by atoms with Crippen LogP contribution >= 0.6 is 0 Å². The fraction of sp³-hybridized carbons (Fsp3) is 0.286. The van der Waals surface area contributed by atoms with Gasteiger partial charge in [-0.05, 0) is 91.8 Å². The molecule has 0 amide bonds. The third-order valence-corrected chi connectivity index (χ3v) is 6.39. The monoisotopic (exact) mass is 544 g/mol. The molecule has 0 atom stereocenters. The Bertz CT molecular complexity index is 1520. The second-order valence-electron chi connectivity index (χ2n) is 9.16. The van der Waals surface area contributed by atoms with Gasteiger partial charge in [0, 0.05) is 0 Å². The molecule has 0 fully saturated rings. The van der Waals surface area contributed by atoms with Crippen molar-refractivity contribution in [2.75, 3.05) is 19.1 Å². The maximum Gasteiger partial charge on any atom is 0.306 e. The summed E-state index contributed by atoms with van der Waals surface area (Å²) in [6, 6.07) is 16.2. The number of aryl methyl sites for hydroxylation is 2. The van der Waals surface area contributed by atoms with Gasteiger partial charge in [-0.25, -0.2) is 0 Å². The Labute approximate surface area is 220 Å². The van der Waals surface area contributed by atoms with Crippen molar-refractivity contribution < 1.29 is 29.9 Å². The van der Waals surface area contributed by atoms with Gasteiger partial charge in [-0.3, -0.25) is 0 Å². The van der Waals surface area contributed by atoms with E-state index in [2.05, 4.69) is 0 Å². The molecule has 0 saturated heterocycles. The predicted molar refractivity (Wildman–Crippen MR) is 147 cm³/mol. The van der Waals surface area contributed by atoms with Crippen molar-refractivity contribution >= 4 is 20.2 Å². The molecule has 0 spiro atoms. The molecule has 0 radical (unpaired) electrons. The first kappa shape index (κ1) is 28.3. The van der Waals surface area contributed by atoms with Crippen molar-refractivity contribution in [1.29, 1.82) is 0 Å². The zero-order valence-electron chi connectivity index (χ0n) is 21.9. The largest absolute Gasteiger partial charge is 0.489 e. The van der Waals surface area contributed by atoms with Gasteiger partial charge in [0.05, 0.1) is 19.1 Å². The van der Waals surface area contributed by atoms with E-state index >= 15 is 0 Å². The van der Waals surface area contributed by atoms with Crippen molar-refractivity contribution in [1.82, 2.24) is 0 Å². The lowest BCUT2D eigenvalue weighted by molar-refractivity contribution is 0.314. The molecule has 0 aliphatic carbocycles. The molecule has 0 aliphatic heterocycles. The van der Waals surface area contributed by atoms with E-state index in [0.717, 1.165) is 45.9 Å². The Balaban J connectivity index is 1.94. The first-order valence-electron chi connectivity index (χ1n) is 11.6. The average molecular weight is 545 g/mol. The van der Waals surface area contributed by atoms with Gasteiger partial charge in [0.1, 0.15) is 5.75 Å². The van der Waals surface area contributed by atoms with Crippen molar-refractivity contribution in [3.63, 3.8) is 0 Å². The van der Waals surface area contributed by atoms with Crippen LogP contribution in [0.3, 0.4) is 0 Å². The maximum atomic E-state index is 11.9. The molecule has 0 aromatic heterocycles. The van der Waals surface area contributed by atoms with Gasteiger partial charge in [0.15, 0.2) is 11.5 Å². The van der Waals surface area contributed by atoms with E-state index in [0.29, 0.717) is 18.8 Å². The van der Waals surface area contributed by atoms with E-state index in [9.17, 15) is 16.8 Å². The summed E-state index contributed by atoms with van der Waals surface area (Å²) in [7, 11) is -7.35. The SMILES string of the molecule is CC(C)=CCCOc1ccc(-c2cc(C)c(-c3ccc(OS(C)(=O)=O)cc3)cc2C)cc1OS(C)(=O)=O. The van der Waals surface area contributed by atoms with Gasteiger partial charge >= 0.3 is 20.2 Å². The highest BCUT2D eigenvalue weighted by molar-refractivity contribution is 7.86. The number of hydrogen-bond acceptors (Lipinski definition) is 7. The first-order valence-corrected chi connectivity index (χ1v) is 15.3. The topological polar surface area (TPSA) is 96.0 Å². The highest BCUT2D eigenvalue weighted by Crippen LogP contribution is 2.37. The summed E-state index contributed by atoms with van der Waals surface area (Å²) in [5.41, 5.74) is 6.75. The van der Waals surface area contributed by atoms with Crippen LogP contribution < -0.4 is 13.1 Å². The second kappa shape index (κ2) is 11.4. The minimum Gasteiger partial charge on any atom is -0.489 e. The van der Waals surface area contributed by atoms with Gasteiger partial charge in [-0.2, -0.15) is 16.8 Å². The van der Waals surface area contributed by atoms with Gasteiger partial charge < -0.3 is 13.1 Å². The van der Waals surface area contributed by atoms with E-state index in [1.165, 1.54) is 5.57 Å². The Morgan fingerprint density at radius 2 is 1.27 bits per heavy atom. The summed E-state index contributed by atoms with van der Waals surface area (Å²) in [5.74, 6) is 0.748. The maximum absolute atomic E-state index is 11.9. The summed E-state index contributed by atoms with van der Waals surface area (Å²) in [6.07, 6.45) is 4.75. The summed E-state index contributed by atoms with van der Waals surface area (Å²) in [5, 5.41) is 0. The summed E-state index contributed by atoms with van der Waals surface area (Å²) < 4.78 is 62.6. The number of hydrogen-bond donors (Lipinski definition) is 0. The van der Waals surface area contributed by atoms with Crippen molar-refractivity contribution in [2.45, 2.75) is 34.1 Å². The highest BCUT2D eigenvalue weighted by Gasteiger charge is 2.16.